The largest absolute Gasteiger partial charge is 0.271 e. The van der Waals surface area contributed by atoms with Crippen LogP contribution in [0.3, 0.4) is 0 Å². The molecule has 0 aliphatic carbocycles. The van der Waals surface area contributed by atoms with Crippen molar-refractivity contribution in [1.82, 2.24) is 10.3 Å². The van der Waals surface area contributed by atoms with E-state index in [-0.39, 0.29) is 0 Å². The third-order valence-corrected chi connectivity index (χ3v) is 3.90. The number of nitrogens with one attached hydrogen (secondary N) is 1. The molecular formula is C13H12N4S2. The molecule has 4 nitrogen and oxygen atoms in total. The maximum atomic E-state index is 8.67. The van der Waals surface area contributed by atoms with Crippen LogP contribution in [0, 0.1) is 18.4 Å². The monoisotopic (exact) mass is 288 g/mol. The Morgan fingerprint density at radius 2 is 2.26 bits per heavy atom. The molecule has 0 saturated carbocycles. The van der Waals surface area contributed by atoms with Crippen molar-refractivity contribution >= 4 is 34.0 Å². The third-order valence-electron chi connectivity index (χ3n) is 2.37. The number of rotatable bonds is 2. The van der Waals surface area contributed by atoms with Gasteiger partial charge in [-0.1, -0.05) is 30.0 Å². The first-order chi connectivity index (χ1) is 9.24. The lowest BCUT2D eigenvalue weighted by Gasteiger charge is -2.04. The number of benzene rings is 1. The second kappa shape index (κ2) is 6.36. The normalized spacial score (nSPS) is 11.1. The summed E-state index contributed by atoms with van der Waals surface area (Å²) < 4.78 is 0. The number of nitriles is 1. The molecule has 0 aliphatic rings. The molecule has 19 heavy (non-hydrogen) atoms. The maximum Gasteiger partial charge on any atom is 0.183 e. The van der Waals surface area contributed by atoms with Crippen molar-refractivity contribution in [2.75, 3.05) is 6.26 Å². The van der Waals surface area contributed by atoms with Crippen LogP contribution in [-0.4, -0.2) is 16.4 Å². The Labute approximate surface area is 120 Å². The van der Waals surface area contributed by atoms with Crippen molar-refractivity contribution in [3.63, 3.8) is 0 Å². The smallest absolute Gasteiger partial charge is 0.183 e. The van der Waals surface area contributed by atoms with Crippen molar-refractivity contribution in [3.8, 4) is 16.6 Å². The molecule has 0 amide bonds. The van der Waals surface area contributed by atoms with E-state index < -0.39 is 0 Å². The van der Waals surface area contributed by atoms with Crippen LogP contribution < -0.4 is 5.32 Å². The van der Waals surface area contributed by atoms with E-state index >= 15 is 0 Å². The minimum Gasteiger partial charge on any atom is -0.271 e. The van der Waals surface area contributed by atoms with Gasteiger partial charge in [0.1, 0.15) is 0 Å². The van der Waals surface area contributed by atoms with E-state index in [1.54, 1.807) is 11.3 Å². The molecule has 1 aromatic heterocycles. The Kier molecular flexibility index (Phi) is 4.55. The molecule has 1 aromatic carbocycles. The number of nitrogens with zero attached hydrogens (tertiary/aromatic N) is 3. The van der Waals surface area contributed by atoms with E-state index in [9.17, 15) is 0 Å². The summed E-state index contributed by atoms with van der Waals surface area (Å²) in [4.78, 5) is 9.82. The molecule has 2 rings (SSSR count). The fourth-order valence-corrected chi connectivity index (χ4v) is 2.70. The number of thioether (sulfide) groups is 1. The number of hydrogen-bond donors (Lipinski definition) is 1. The zero-order chi connectivity index (χ0) is 13.7. The van der Waals surface area contributed by atoms with Crippen LogP contribution >= 0.6 is 23.1 Å². The van der Waals surface area contributed by atoms with Crippen LogP contribution in [0.4, 0.5) is 5.69 Å². The van der Waals surface area contributed by atoms with Gasteiger partial charge in [0.05, 0.1) is 15.6 Å². The van der Waals surface area contributed by atoms with Gasteiger partial charge in [0.25, 0.3) is 0 Å². The molecule has 0 spiro atoms. The maximum absolute atomic E-state index is 8.67. The van der Waals surface area contributed by atoms with Gasteiger partial charge < -0.3 is 0 Å². The average Bonchev–Trinajstić information content (AvgIpc) is 2.85. The summed E-state index contributed by atoms with van der Waals surface area (Å²) in [6, 6.07) is 7.84. The molecule has 0 unspecified atom stereocenters. The van der Waals surface area contributed by atoms with Crippen molar-refractivity contribution in [2.24, 2.45) is 4.99 Å². The molecule has 1 N–H and O–H groups in total. The number of thiazole rings is 1. The number of amidine groups is 1. The molecule has 0 radical (unpaired) electrons. The first-order valence-corrected chi connectivity index (χ1v) is 7.58. The lowest BCUT2D eigenvalue weighted by atomic mass is 10.1. The van der Waals surface area contributed by atoms with Crippen LogP contribution in [0.25, 0.3) is 10.4 Å². The topological polar surface area (TPSA) is 61.1 Å². The van der Waals surface area contributed by atoms with Crippen molar-refractivity contribution < 1.29 is 0 Å². The number of aliphatic imine (C=N–C) groups is 1. The van der Waals surface area contributed by atoms with Crippen molar-refractivity contribution in [1.29, 1.82) is 5.26 Å². The molecule has 1 heterocycles. The average molecular weight is 288 g/mol. The number of para-hydroxylation sites is 1. The SMILES string of the molecule is CSC(=Nc1ccccc1-c1cnc(C)s1)NC#N. The van der Waals surface area contributed by atoms with Crippen LogP contribution in [0.2, 0.25) is 0 Å². The summed E-state index contributed by atoms with van der Waals surface area (Å²) in [7, 11) is 0. The lowest BCUT2D eigenvalue weighted by molar-refractivity contribution is 1.28. The Balaban J connectivity index is 2.45. The number of aryl methyl sites for hydroxylation is 1. The Morgan fingerprint density at radius 3 is 2.89 bits per heavy atom. The van der Waals surface area contributed by atoms with E-state index in [1.807, 2.05) is 49.8 Å². The van der Waals surface area contributed by atoms with E-state index in [1.165, 1.54) is 11.8 Å². The molecule has 6 heteroatoms. The summed E-state index contributed by atoms with van der Waals surface area (Å²) in [6.45, 7) is 1.98. The van der Waals surface area contributed by atoms with Gasteiger partial charge in [-0.25, -0.2) is 9.98 Å². The van der Waals surface area contributed by atoms with E-state index in [4.69, 9.17) is 5.26 Å². The Morgan fingerprint density at radius 1 is 1.47 bits per heavy atom. The molecule has 0 saturated heterocycles. The van der Waals surface area contributed by atoms with Gasteiger partial charge >= 0.3 is 0 Å². The zero-order valence-electron chi connectivity index (χ0n) is 10.5. The quantitative estimate of drug-likeness (QED) is 0.397. The molecule has 0 aliphatic heterocycles. The molecule has 0 bridgehead atoms. The van der Waals surface area contributed by atoms with Gasteiger partial charge in [-0.3, -0.25) is 5.32 Å². The van der Waals surface area contributed by atoms with Crippen LogP contribution in [-0.2, 0) is 0 Å². The summed E-state index contributed by atoms with van der Waals surface area (Å²) >= 11 is 3.03. The van der Waals surface area contributed by atoms with Gasteiger partial charge in [-0.15, -0.1) is 11.3 Å². The van der Waals surface area contributed by atoms with E-state index in [0.29, 0.717) is 5.17 Å². The van der Waals surface area contributed by atoms with Gasteiger partial charge in [0.15, 0.2) is 11.4 Å². The van der Waals surface area contributed by atoms with Gasteiger partial charge in [-0.2, -0.15) is 5.26 Å². The fourth-order valence-electron chi connectivity index (χ4n) is 1.55. The summed E-state index contributed by atoms with van der Waals surface area (Å²) in [6.07, 6.45) is 5.62. The summed E-state index contributed by atoms with van der Waals surface area (Å²) in [5.41, 5.74) is 1.86. The van der Waals surface area contributed by atoms with E-state index in [0.717, 1.165) is 21.1 Å². The van der Waals surface area contributed by atoms with Crippen molar-refractivity contribution in [2.45, 2.75) is 6.92 Å². The minimum atomic E-state index is 0.580. The van der Waals surface area contributed by atoms with Gasteiger partial charge in [0.2, 0.25) is 0 Å². The highest BCUT2D eigenvalue weighted by Crippen LogP contribution is 2.34. The van der Waals surface area contributed by atoms with E-state index in [2.05, 4.69) is 15.3 Å². The molecule has 0 atom stereocenters. The second-order valence-electron chi connectivity index (χ2n) is 3.62. The minimum absolute atomic E-state index is 0.580. The number of aromatic nitrogens is 1. The molecular weight excluding hydrogens is 276 g/mol. The van der Waals surface area contributed by atoms with Gasteiger partial charge in [0, 0.05) is 11.8 Å². The van der Waals surface area contributed by atoms with Gasteiger partial charge in [-0.05, 0) is 19.2 Å². The second-order valence-corrected chi connectivity index (χ2v) is 5.65. The first kappa shape index (κ1) is 13.6. The zero-order valence-corrected chi connectivity index (χ0v) is 12.2. The van der Waals surface area contributed by atoms with Crippen LogP contribution in [0.5, 0.6) is 0 Å². The standard InChI is InChI=1S/C13H12N4S2/c1-9-15-7-12(19-9)10-5-3-4-6-11(10)17-13(18-2)16-8-14/h3-7H,1-2H3,(H,16,17). The summed E-state index contributed by atoms with van der Waals surface area (Å²) in [5, 5.41) is 12.8. The van der Waals surface area contributed by atoms with Crippen molar-refractivity contribution in [3.05, 3.63) is 35.5 Å². The highest BCUT2D eigenvalue weighted by molar-refractivity contribution is 8.13. The Hall–Kier alpha value is -1.84. The lowest BCUT2D eigenvalue weighted by Crippen LogP contribution is -2.12. The van der Waals surface area contributed by atoms with Crippen LogP contribution in [0.15, 0.2) is 35.5 Å². The number of hydrogen-bond acceptors (Lipinski definition) is 5. The first-order valence-electron chi connectivity index (χ1n) is 5.54. The molecule has 0 fully saturated rings. The molecule has 2 aromatic rings. The summed E-state index contributed by atoms with van der Waals surface area (Å²) in [5.74, 6) is 0. The predicted octanol–water partition coefficient (Wildman–Crippen LogP) is 3.54. The Bertz CT molecular complexity index is 640. The molecule has 96 valence electrons. The fraction of sp³-hybridized carbons (Fsp3) is 0.154. The van der Waals surface area contributed by atoms with Crippen LogP contribution in [0.1, 0.15) is 5.01 Å². The highest BCUT2D eigenvalue weighted by Gasteiger charge is 2.07. The third kappa shape index (κ3) is 3.34. The predicted molar refractivity (Wildman–Crippen MR) is 81.6 cm³/mol. The highest BCUT2D eigenvalue weighted by atomic mass is 32.2.